The highest BCUT2D eigenvalue weighted by Crippen LogP contribution is 2.45. The number of nitrogens with one attached hydrogen (secondary N) is 2. The zero-order chi connectivity index (χ0) is 13.3. The summed E-state index contributed by atoms with van der Waals surface area (Å²) in [7, 11) is 0. The summed E-state index contributed by atoms with van der Waals surface area (Å²) in [6.07, 6.45) is 2.39. The second-order valence-corrected chi connectivity index (χ2v) is 5.43. The van der Waals surface area contributed by atoms with Crippen LogP contribution >= 0.6 is 0 Å². The molecule has 2 atom stereocenters. The minimum absolute atomic E-state index is 0.00798. The van der Waals surface area contributed by atoms with Crippen molar-refractivity contribution < 1.29 is 4.79 Å². The summed E-state index contributed by atoms with van der Waals surface area (Å²) in [5.41, 5.74) is 5.46. The van der Waals surface area contributed by atoms with Crippen molar-refractivity contribution in [2.24, 2.45) is 17.1 Å². The Bertz CT molecular complexity index is 507. The van der Waals surface area contributed by atoms with Crippen LogP contribution in [0.4, 0.5) is 0 Å². The van der Waals surface area contributed by atoms with Gasteiger partial charge in [-0.3, -0.25) is 9.59 Å². The van der Waals surface area contributed by atoms with E-state index in [9.17, 15) is 9.59 Å². The average molecular weight is 249 g/mol. The molecule has 1 fully saturated rings. The molecule has 1 saturated carbocycles. The topological polar surface area (TPSA) is 88.0 Å². The first-order valence-electron chi connectivity index (χ1n) is 6.15. The number of carbonyl (C=O) groups excluding carboxylic acids is 1. The Hall–Kier alpha value is -1.62. The fraction of sp³-hybridized carbons (Fsp3) is 0.538. The second-order valence-electron chi connectivity index (χ2n) is 5.43. The lowest BCUT2D eigenvalue weighted by Gasteiger charge is -2.52. The molecule has 0 radical (unpaired) electrons. The Morgan fingerprint density at radius 2 is 2.33 bits per heavy atom. The summed E-state index contributed by atoms with van der Waals surface area (Å²) >= 11 is 0. The van der Waals surface area contributed by atoms with Crippen molar-refractivity contribution in [3.05, 3.63) is 34.2 Å². The number of aromatic amines is 1. The minimum Gasteiger partial charge on any atom is -0.349 e. The van der Waals surface area contributed by atoms with Gasteiger partial charge in [-0.25, -0.2) is 0 Å². The second kappa shape index (κ2) is 4.57. The summed E-state index contributed by atoms with van der Waals surface area (Å²) in [4.78, 5) is 26.0. The lowest BCUT2D eigenvalue weighted by Crippen LogP contribution is -2.60. The highest BCUT2D eigenvalue weighted by molar-refractivity contribution is 5.94. The monoisotopic (exact) mass is 249 g/mol. The molecule has 2 unspecified atom stereocenters. The SMILES string of the molecule is CC1(C)C(CN)CC1NC(=O)c1ccc[nH]c1=O. The minimum atomic E-state index is -0.359. The van der Waals surface area contributed by atoms with Crippen molar-refractivity contribution in [1.29, 1.82) is 0 Å². The Balaban J connectivity index is 2.06. The third-order valence-corrected chi connectivity index (χ3v) is 4.12. The molecule has 98 valence electrons. The van der Waals surface area contributed by atoms with Crippen LogP contribution in [-0.2, 0) is 0 Å². The van der Waals surface area contributed by atoms with Gasteiger partial charge in [0.05, 0.1) is 0 Å². The van der Waals surface area contributed by atoms with Gasteiger partial charge in [-0.1, -0.05) is 13.8 Å². The van der Waals surface area contributed by atoms with E-state index in [0.29, 0.717) is 12.5 Å². The van der Waals surface area contributed by atoms with E-state index in [-0.39, 0.29) is 28.5 Å². The zero-order valence-corrected chi connectivity index (χ0v) is 10.7. The first kappa shape index (κ1) is 12.8. The van der Waals surface area contributed by atoms with E-state index in [0.717, 1.165) is 6.42 Å². The van der Waals surface area contributed by atoms with Gasteiger partial charge in [-0.05, 0) is 36.4 Å². The normalized spacial score (nSPS) is 25.3. The van der Waals surface area contributed by atoms with Crippen molar-refractivity contribution in [3.8, 4) is 0 Å². The molecule has 5 heteroatoms. The number of hydrogen-bond donors (Lipinski definition) is 3. The number of aromatic nitrogens is 1. The van der Waals surface area contributed by atoms with Crippen LogP contribution in [0.2, 0.25) is 0 Å². The van der Waals surface area contributed by atoms with Crippen LogP contribution in [-0.4, -0.2) is 23.5 Å². The molecular formula is C13H19N3O2. The molecule has 1 amide bonds. The molecular weight excluding hydrogens is 230 g/mol. The summed E-state index contributed by atoms with van der Waals surface area (Å²) in [5.74, 6) is 0.113. The molecule has 0 bridgehead atoms. The van der Waals surface area contributed by atoms with E-state index in [1.165, 1.54) is 12.3 Å². The van der Waals surface area contributed by atoms with Crippen LogP contribution < -0.4 is 16.6 Å². The Kier molecular flexibility index (Phi) is 3.26. The molecule has 1 aliphatic carbocycles. The van der Waals surface area contributed by atoms with Gasteiger partial charge in [-0.15, -0.1) is 0 Å². The molecule has 18 heavy (non-hydrogen) atoms. The Labute approximate surface area is 106 Å². The highest BCUT2D eigenvalue weighted by atomic mass is 16.2. The highest BCUT2D eigenvalue weighted by Gasteiger charge is 2.47. The molecule has 1 aromatic rings. The number of carbonyl (C=O) groups is 1. The van der Waals surface area contributed by atoms with Gasteiger partial charge in [0.1, 0.15) is 5.56 Å². The van der Waals surface area contributed by atoms with E-state index in [2.05, 4.69) is 24.1 Å². The van der Waals surface area contributed by atoms with E-state index >= 15 is 0 Å². The first-order valence-corrected chi connectivity index (χ1v) is 6.15. The summed E-state index contributed by atoms with van der Waals surface area (Å²) in [6, 6.07) is 3.25. The summed E-state index contributed by atoms with van der Waals surface area (Å²) < 4.78 is 0. The maximum atomic E-state index is 12.0. The maximum Gasteiger partial charge on any atom is 0.260 e. The van der Waals surface area contributed by atoms with Gasteiger partial charge >= 0.3 is 0 Å². The molecule has 1 aromatic heterocycles. The van der Waals surface area contributed by atoms with Crippen molar-refractivity contribution in [3.63, 3.8) is 0 Å². The molecule has 1 heterocycles. The average Bonchev–Trinajstić information content (AvgIpc) is 2.34. The number of pyridine rings is 1. The third-order valence-electron chi connectivity index (χ3n) is 4.12. The molecule has 1 aliphatic rings. The number of hydrogen-bond acceptors (Lipinski definition) is 3. The van der Waals surface area contributed by atoms with Crippen molar-refractivity contribution in [2.45, 2.75) is 26.3 Å². The van der Waals surface area contributed by atoms with Crippen molar-refractivity contribution >= 4 is 5.91 Å². The Morgan fingerprint density at radius 3 is 2.89 bits per heavy atom. The molecule has 0 spiro atoms. The fourth-order valence-corrected chi connectivity index (χ4v) is 2.50. The number of rotatable bonds is 3. The molecule has 0 aromatic carbocycles. The van der Waals surface area contributed by atoms with E-state index in [1.54, 1.807) is 6.07 Å². The van der Waals surface area contributed by atoms with Crippen LogP contribution in [0, 0.1) is 11.3 Å². The van der Waals surface area contributed by atoms with E-state index in [1.807, 2.05) is 0 Å². The predicted octanol–water partition coefficient (Wildman–Crippen LogP) is 0.478. The number of nitrogens with two attached hydrogens (primary N) is 1. The van der Waals surface area contributed by atoms with Crippen molar-refractivity contribution in [1.82, 2.24) is 10.3 Å². The van der Waals surface area contributed by atoms with Crippen LogP contribution in [0.1, 0.15) is 30.6 Å². The molecule has 4 N–H and O–H groups in total. The molecule has 2 rings (SSSR count). The molecule has 0 aliphatic heterocycles. The predicted molar refractivity (Wildman–Crippen MR) is 69.3 cm³/mol. The fourth-order valence-electron chi connectivity index (χ4n) is 2.50. The van der Waals surface area contributed by atoms with Gasteiger partial charge in [-0.2, -0.15) is 0 Å². The third kappa shape index (κ3) is 2.06. The Morgan fingerprint density at radius 1 is 1.61 bits per heavy atom. The summed E-state index contributed by atoms with van der Waals surface area (Å²) in [6.45, 7) is 4.81. The lowest BCUT2D eigenvalue weighted by atomic mass is 9.58. The smallest absolute Gasteiger partial charge is 0.260 e. The first-order chi connectivity index (χ1) is 8.46. The zero-order valence-electron chi connectivity index (χ0n) is 10.7. The van der Waals surface area contributed by atoms with E-state index < -0.39 is 0 Å². The van der Waals surface area contributed by atoms with Gasteiger partial charge in [0.2, 0.25) is 0 Å². The summed E-state index contributed by atoms with van der Waals surface area (Å²) in [5, 5.41) is 2.91. The molecule has 0 saturated heterocycles. The van der Waals surface area contributed by atoms with Gasteiger partial charge in [0.25, 0.3) is 11.5 Å². The van der Waals surface area contributed by atoms with E-state index in [4.69, 9.17) is 5.73 Å². The van der Waals surface area contributed by atoms with Gasteiger partial charge in [0.15, 0.2) is 0 Å². The van der Waals surface area contributed by atoms with Gasteiger partial charge in [0, 0.05) is 12.2 Å². The van der Waals surface area contributed by atoms with Crippen LogP contribution in [0.3, 0.4) is 0 Å². The van der Waals surface area contributed by atoms with Crippen LogP contribution in [0.25, 0.3) is 0 Å². The molecule has 5 nitrogen and oxygen atoms in total. The number of H-pyrrole nitrogens is 1. The standard InChI is InChI=1S/C13H19N3O2/c1-13(2)8(7-14)6-10(13)16-12(18)9-4-3-5-15-11(9)17/h3-5,8,10H,6-7,14H2,1-2H3,(H,15,17)(H,16,18). The van der Waals surface area contributed by atoms with Gasteiger partial charge < -0.3 is 16.0 Å². The maximum absolute atomic E-state index is 12.0. The largest absolute Gasteiger partial charge is 0.349 e. The number of amides is 1. The van der Waals surface area contributed by atoms with Crippen molar-refractivity contribution in [2.75, 3.05) is 6.54 Å². The van der Waals surface area contributed by atoms with Crippen LogP contribution in [0.5, 0.6) is 0 Å². The van der Waals surface area contributed by atoms with Crippen LogP contribution in [0.15, 0.2) is 23.1 Å². The quantitative estimate of drug-likeness (QED) is 0.728. The lowest BCUT2D eigenvalue weighted by molar-refractivity contribution is 0.0199.